The number of hydrogen-bond acceptors (Lipinski definition) is 14. The zero-order valence-corrected chi connectivity index (χ0v) is 30.3. The minimum absolute atomic E-state index is 0.0187. The van der Waals surface area contributed by atoms with Gasteiger partial charge in [0.15, 0.2) is 30.9 Å². The Bertz CT molecular complexity index is 1910. The lowest BCUT2D eigenvalue weighted by molar-refractivity contribution is -0.335. The summed E-state index contributed by atoms with van der Waals surface area (Å²) in [6, 6.07) is 34.4. The van der Waals surface area contributed by atoms with Crippen LogP contribution in [0, 0.1) is 0 Å². The third-order valence-corrected chi connectivity index (χ3v) is 9.38. The lowest BCUT2D eigenvalue weighted by atomic mass is 9.97. The van der Waals surface area contributed by atoms with Crippen LogP contribution in [0.1, 0.15) is 43.1 Å². The molecule has 3 aliphatic rings. The van der Waals surface area contributed by atoms with Crippen LogP contribution < -0.4 is 0 Å². The van der Waals surface area contributed by atoms with E-state index in [1.165, 1.54) is 7.11 Å². The third-order valence-electron chi connectivity index (χ3n) is 9.38. The summed E-state index contributed by atoms with van der Waals surface area (Å²) in [5, 5.41) is 0. The second-order valence-corrected chi connectivity index (χ2v) is 13.1. The van der Waals surface area contributed by atoms with Crippen LogP contribution in [0.4, 0.5) is 4.79 Å². The maximum Gasteiger partial charge on any atom is 0.509 e. The molecule has 7 rings (SSSR count). The first-order chi connectivity index (χ1) is 27.4. The number of rotatable bonds is 14. The van der Waals surface area contributed by atoms with E-state index in [9.17, 15) is 19.2 Å². The average molecular weight is 769 g/mol. The van der Waals surface area contributed by atoms with Gasteiger partial charge in [-0.05, 0) is 42.0 Å². The van der Waals surface area contributed by atoms with Crippen molar-refractivity contribution in [2.75, 3.05) is 20.3 Å². The number of fused-ring (bicyclic) bond motifs is 1. The minimum atomic E-state index is -1.36. The molecule has 14 nitrogen and oxygen atoms in total. The Hall–Kier alpha value is -5.64. The Labute approximate surface area is 322 Å². The van der Waals surface area contributed by atoms with Crippen molar-refractivity contribution in [1.29, 1.82) is 0 Å². The van der Waals surface area contributed by atoms with Crippen molar-refractivity contribution in [1.82, 2.24) is 0 Å². The Morgan fingerprint density at radius 3 is 1.77 bits per heavy atom. The largest absolute Gasteiger partial charge is 0.509 e. The predicted octanol–water partition coefficient (Wildman–Crippen LogP) is 5.29. The zero-order chi connectivity index (χ0) is 38.9. The molecule has 0 aromatic heterocycles. The average Bonchev–Trinajstić information content (AvgIpc) is 3.62. The van der Waals surface area contributed by atoms with E-state index in [2.05, 4.69) is 0 Å². The van der Waals surface area contributed by atoms with Crippen LogP contribution in [0.25, 0.3) is 0 Å². The van der Waals surface area contributed by atoms with Gasteiger partial charge in [0.2, 0.25) is 0 Å². The number of carbonyl (C=O) groups is 4. The van der Waals surface area contributed by atoms with Gasteiger partial charge in [-0.3, -0.25) is 0 Å². The summed E-state index contributed by atoms with van der Waals surface area (Å²) < 4.78 is 59.8. The Morgan fingerprint density at radius 1 is 0.625 bits per heavy atom. The molecule has 56 heavy (non-hydrogen) atoms. The van der Waals surface area contributed by atoms with Crippen molar-refractivity contribution in [2.45, 2.75) is 68.3 Å². The van der Waals surface area contributed by atoms with Crippen LogP contribution in [0.2, 0.25) is 0 Å². The molecule has 0 N–H and O–H groups in total. The van der Waals surface area contributed by atoms with Crippen LogP contribution in [0.5, 0.6) is 0 Å². The molecule has 0 bridgehead atoms. The number of ether oxygens (including phenoxy) is 10. The van der Waals surface area contributed by atoms with Crippen molar-refractivity contribution in [2.24, 2.45) is 0 Å². The molecule has 4 aromatic carbocycles. The molecular weight excluding hydrogens is 728 g/mol. The lowest BCUT2D eigenvalue weighted by Crippen LogP contribution is -2.64. The number of methoxy groups -OCH3 is 1. The van der Waals surface area contributed by atoms with Crippen LogP contribution in [0.3, 0.4) is 0 Å². The second kappa shape index (κ2) is 18.3. The molecule has 3 aliphatic heterocycles. The standard InChI is InChI=1S/C42H40O14/c1-47-41-37(55-40(45)29-20-12-5-13-21-29)36(54-39(44)28-18-10-4-11-19-28)35(31(51-41)24-48-23-26-14-6-2-7-15-26)53-33-22-30-34(56-42(46)52-30)32(50-33)25-49-38(43)27-16-8-3-9-17-27/h2-21,30-37,41H,22-25H2,1H3/t30-,31-,32-,33?,34+,35-,36+,37-,41+/m1/s1. The van der Waals surface area contributed by atoms with E-state index in [1.807, 2.05) is 30.3 Å². The van der Waals surface area contributed by atoms with Crippen molar-refractivity contribution in [3.63, 3.8) is 0 Å². The molecule has 9 atom stereocenters. The maximum atomic E-state index is 13.8. The van der Waals surface area contributed by atoms with E-state index >= 15 is 0 Å². The van der Waals surface area contributed by atoms with Crippen molar-refractivity contribution >= 4 is 24.1 Å². The van der Waals surface area contributed by atoms with Gasteiger partial charge in [-0.1, -0.05) is 84.9 Å². The Balaban J connectivity index is 1.19. The van der Waals surface area contributed by atoms with Gasteiger partial charge in [0, 0.05) is 13.5 Å². The van der Waals surface area contributed by atoms with E-state index in [0.29, 0.717) is 5.56 Å². The summed E-state index contributed by atoms with van der Waals surface area (Å²) in [5.41, 5.74) is 1.67. The van der Waals surface area contributed by atoms with Gasteiger partial charge in [-0.15, -0.1) is 0 Å². The highest BCUT2D eigenvalue weighted by atomic mass is 16.8. The number of esters is 3. The molecule has 14 heteroatoms. The molecule has 0 amide bonds. The Morgan fingerprint density at radius 2 is 1.18 bits per heavy atom. The quantitative estimate of drug-likeness (QED) is 0.120. The molecule has 0 aliphatic carbocycles. The zero-order valence-electron chi connectivity index (χ0n) is 30.3. The monoisotopic (exact) mass is 768 g/mol. The molecule has 3 saturated heterocycles. The molecule has 3 heterocycles. The van der Waals surface area contributed by atoms with Gasteiger partial charge < -0.3 is 47.4 Å². The van der Waals surface area contributed by atoms with Gasteiger partial charge in [0.25, 0.3) is 0 Å². The highest BCUT2D eigenvalue weighted by Gasteiger charge is 2.55. The molecule has 0 spiro atoms. The highest BCUT2D eigenvalue weighted by molar-refractivity contribution is 5.90. The molecule has 292 valence electrons. The van der Waals surface area contributed by atoms with E-state index < -0.39 is 79.4 Å². The van der Waals surface area contributed by atoms with Crippen LogP contribution >= 0.6 is 0 Å². The van der Waals surface area contributed by atoms with Gasteiger partial charge >= 0.3 is 24.1 Å². The van der Waals surface area contributed by atoms with Crippen LogP contribution in [0.15, 0.2) is 121 Å². The molecule has 3 fully saturated rings. The number of hydrogen-bond donors (Lipinski definition) is 0. The highest BCUT2D eigenvalue weighted by Crippen LogP contribution is 2.36. The fourth-order valence-corrected chi connectivity index (χ4v) is 6.66. The smallest absolute Gasteiger partial charge is 0.459 e. The maximum absolute atomic E-state index is 13.8. The first kappa shape index (κ1) is 38.6. The summed E-state index contributed by atoms with van der Waals surface area (Å²) in [6.45, 7) is -0.198. The van der Waals surface area contributed by atoms with Gasteiger partial charge in [-0.25, -0.2) is 19.2 Å². The SMILES string of the molecule is CO[C@H]1O[C@H](COCc2ccccc2)[C@@H](OC2C[C@H]3OC(=O)O[C@@H]3[C@@H](COC(=O)c3ccccc3)O2)[C@H](OC(=O)c2ccccc2)[C@H]1OC(=O)c1ccccc1. The van der Waals surface area contributed by atoms with Gasteiger partial charge in [0.05, 0.1) is 29.9 Å². The molecule has 1 unspecified atom stereocenters. The summed E-state index contributed by atoms with van der Waals surface area (Å²) in [4.78, 5) is 52.5. The summed E-state index contributed by atoms with van der Waals surface area (Å²) in [6.07, 6.45) is -11.1. The second-order valence-electron chi connectivity index (χ2n) is 13.1. The number of carbonyl (C=O) groups excluding carboxylic acids is 4. The molecule has 4 aromatic rings. The predicted molar refractivity (Wildman–Crippen MR) is 193 cm³/mol. The van der Waals surface area contributed by atoms with Crippen molar-refractivity contribution in [3.05, 3.63) is 144 Å². The van der Waals surface area contributed by atoms with Crippen LogP contribution in [-0.2, 0) is 54.0 Å². The third kappa shape index (κ3) is 9.41. The Kier molecular flexibility index (Phi) is 12.6. The van der Waals surface area contributed by atoms with Gasteiger partial charge in [0.1, 0.15) is 31.0 Å². The van der Waals surface area contributed by atoms with Crippen molar-refractivity contribution in [3.8, 4) is 0 Å². The van der Waals surface area contributed by atoms with Crippen LogP contribution in [-0.4, -0.2) is 99.7 Å². The van der Waals surface area contributed by atoms with E-state index in [0.717, 1.165) is 5.56 Å². The minimum Gasteiger partial charge on any atom is -0.459 e. The summed E-state index contributed by atoms with van der Waals surface area (Å²) in [7, 11) is 1.37. The summed E-state index contributed by atoms with van der Waals surface area (Å²) >= 11 is 0. The van der Waals surface area contributed by atoms with Crippen molar-refractivity contribution < 1.29 is 66.5 Å². The topological polar surface area (TPSA) is 161 Å². The molecular formula is C42H40O14. The fraction of sp³-hybridized carbons (Fsp3) is 0.333. The fourth-order valence-electron chi connectivity index (χ4n) is 6.66. The van der Waals surface area contributed by atoms with Gasteiger partial charge in [-0.2, -0.15) is 0 Å². The van der Waals surface area contributed by atoms with E-state index in [-0.39, 0.29) is 37.4 Å². The first-order valence-electron chi connectivity index (χ1n) is 18.1. The first-order valence-corrected chi connectivity index (χ1v) is 18.1. The molecule has 0 radical (unpaired) electrons. The summed E-state index contributed by atoms with van der Waals surface area (Å²) in [5.74, 6) is -2.08. The molecule has 0 saturated carbocycles. The van der Waals surface area contributed by atoms with E-state index in [4.69, 9.17) is 47.4 Å². The lowest BCUT2D eigenvalue weighted by Gasteiger charge is -2.46. The normalized spacial score (nSPS) is 26.9. The number of benzene rings is 4. The van der Waals surface area contributed by atoms with E-state index in [1.54, 1.807) is 91.0 Å².